The summed E-state index contributed by atoms with van der Waals surface area (Å²) in [6.45, 7) is 1.93. The molecule has 2 atom stereocenters. The van der Waals surface area contributed by atoms with Gasteiger partial charge in [0, 0.05) is 12.5 Å². The molecule has 5 nitrogen and oxygen atoms in total. The van der Waals surface area contributed by atoms with Crippen LogP contribution in [-0.4, -0.2) is 35.1 Å². The molecule has 0 saturated carbocycles. The Morgan fingerprint density at radius 3 is 2.20 bits per heavy atom. The van der Waals surface area contributed by atoms with Crippen molar-refractivity contribution in [3.63, 3.8) is 0 Å². The van der Waals surface area contributed by atoms with Crippen molar-refractivity contribution in [1.29, 1.82) is 0 Å². The van der Waals surface area contributed by atoms with E-state index in [4.69, 9.17) is 9.84 Å². The Bertz CT molecular complexity index is 643. The van der Waals surface area contributed by atoms with E-state index in [0.717, 1.165) is 16.7 Å². The summed E-state index contributed by atoms with van der Waals surface area (Å²) in [5, 5.41) is 21.1. The van der Waals surface area contributed by atoms with Crippen LogP contribution < -0.4 is 5.32 Å². The van der Waals surface area contributed by atoms with Gasteiger partial charge in [0.1, 0.15) is 6.61 Å². The predicted octanol–water partition coefficient (Wildman–Crippen LogP) is 2.44. The van der Waals surface area contributed by atoms with Crippen LogP contribution in [0, 0.1) is 0 Å². The molecule has 25 heavy (non-hydrogen) atoms. The first kappa shape index (κ1) is 19.0. The van der Waals surface area contributed by atoms with Gasteiger partial charge >= 0.3 is 6.09 Å². The molecule has 0 fully saturated rings. The maximum atomic E-state index is 11.8. The molecule has 0 aliphatic heterocycles. The third-order valence-corrected chi connectivity index (χ3v) is 3.82. The largest absolute Gasteiger partial charge is 0.445 e. The second-order valence-corrected chi connectivity index (χ2v) is 6.17. The van der Waals surface area contributed by atoms with E-state index in [-0.39, 0.29) is 19.3 Å². The van der Waals surface area contributed by atoms with Crippen molar-refractivity contribution < 1.29 is 19.7 Å². The molecule has 0 radical (unpaired) electrons. The second-order valence-electron chi connectivity index (χ2n) is 6.17. The van der Waals surface area contributed by atoms with E-state index in [9.17, 15) is 9.90 Å². The van der Waals surface area contributed by atoms with Gasteiger partial charge in [0.2, 0.25) is 0 Å². The number of ether oxygens (including phenoxy) is 1. The number of rotatable bonds is 8. The molecule has 0 aromatic heterocycles. The van der Waals surface area contributed by atoms with Gasteiger partial charge in [0.15, 0.2) is 0 Å². The standard InChI is InChI=1S/C20H25NO4/c1-15(21-20(24)25-14-18-5-3-2-4-6-18)11-16-7-9-17(10-8-16)12-19(23)13-22/h2-10,15,19,22-23H,11-14H2,1H3,(H,21,24)/t15-,19+/m1/s1. The number of aliphatic hydroxyl groups excluding tert-OH is 2. The first-order valence-corrected chi connectivity index (χ1v) is 8.40. The SMILES string of the molecule is C[C@H](Cc1ccc(C[C@H](O)CO)cc1)NC(=O)OCc1ccccc1. The number of hydrogen-bond acceptors (Lipinski definition) is 4. The maximum Gasteiger partial charge on any atom is 0.407 e. The number of alkyl carbamates (subject to hydrolysis) is 1. The first-order chi connectivity index (χ1) is 12.1. The Morgan fingerprint density at radius 1 is 1.00 bits per heavy atom. The average molecular weight is 343 g/mol. The fraction of sp³-hybridized carbons (Fsp3) is 0.350. The molecule has 0 heterocycles. The van der Waals surface area contributed by atoms with Crippen molar-refractivity contribution in [3.8, 4) is 0 Å². The molecule has 3 N–H and O–H groups in total. The molecule has 5 heteroatoms. The number of benzene rings is 2. The molecule has 2 rings (SSSR count). The van der Waals surface area contributed by atoms with Crippen LogP contribution in [0.5, 0.6) is 0 Å². The van der Waals surface area contributed by atoms with E-state index in [0.29, 0.717) is 12.8 Å². The van der Waals surface area contributed by atoms with Gasteiger partial charge in [-0.1, -0.05) is 54.6 Å². The predicted molar refractivity (Wildman–Crippen MR) is 96.2 cm³/mol. The monoisotopic (exact) mass is 343 g/mol. The summed E-state index contributed by atoms with van der Waals surface area (Å²) in [5.41, 5.74) is 3.00. The molecule has 0 aliphatic carbocycles. The van der Waals surface area contributed by atoms with Crippen LogP contribution in [0.1, 0.15) is 23.6 Å². The van der Waals surface area contributed by atoms with Crippen LogP contribution in [0.4, 0.5) is 4.79 Å². The minimum atomic E-state index is -0.731. The highest BCUT2D eigenvalue weighted by molar-refractivity contribution is 5.67. The van der Waals surface area contributed by atoms with E-state index in [1.165, 1.54) is 0 Å². The fourth-order valence-electron chi connectivity index (χ4n) is 2.52. The van der Waals surface area contributed by atoms with Gasteiger partial charge in [-0.3, -0.25) is 0 Å². The van der Waals surface area contributed by atoms with Crippen LogP contribution in [0.25, 0.3) is 0 Å². The number of hydrogen-bond donors (Lipinski definition) is 3. The van der Waals surface area contributed by atoms with Crippen LogP contribution in [0.3, 0.4) is 0 Å². The van der Waals surface area contributed by atoms with Crippen molar-refractivity contribution in [2.75, 3.05) is 6.61 Å². The minimum absolute atomic E-state index is 0.0582. The molecule has 2 aromatic rings. The zero-order valence-corrected chi connectivity index (χ0v) is 14.4. The third kappa shape index (κ3) is 6.95. The molecule has 134 valence electrons. The minimum Gasteiger partial charge on any atom is -0.445 e. The van der Waals surface area contributed by atoms with E-state index >= 15 is 0 Å². The number of aliphatic hydroxyl groups is 2. The van der Waals surface area contributed by atoms with Crippen molar-refractivity contribution >= 4 is 6.09 Å². The number of carbonyl (C=O) groups is 1. The van der Waals surface area contributed by atoms with Crippen molar-refractivity contribution in [3.05, 3.63) is 71.3 Å². The van der Waals surface area contributed by atoms with E-state index < -0.39 is 12.2 Å². The maximum absolute atomic E-state index is 11.8. The summed E-state index contributed by atoms with van der Waals surface area (Å²) < 4.78 is 5.21. The fourth-order valence-corrected chi connectivity index (χ4v) is 2.52. The summed E-state index contributed by atoms with van der Waals surface area (Å²) >= 11 is 0. The summed E-state index contributed by atoms with van der Waals surface area (Å²) in [4.78, 5) is 11.8. The lowest BCUT2D eigenvalue weighted by Crippen LogP contribution is -2.34. The van der Waals surface area contributed by atoms with Crippen LogP contribution in [0.2, 0.25) is 0 Å². The molecule has 0 unspecified atom stereocenters. The van der Waals surface area contributed by atoms with Crippen LogP contribution >= 0.6 is 0 Å². The van der Waals surface area contributed by atoms with Crippen LogP contribution in [-0.2, 0) is 24.2 Å². The van der Waals surface area contributed by atoms with Gasteiger partial charge in [-0.05, 0) is 30.0 Å². The van der Waals surface area contributed by atoms with Gasteiger partial charge in [0.25, 0.3) is 0 Å². The highest BCUT2D eigenvalue weighted by Crippen LogP contribution is 2.09. The molecule has 0 spiro atoms. The van der Waals surface area contributed by atoms with Gasteiger partial charge in [-0.25, -0.2) is 4.79 Å². The number of amides is 1. The second kappa shape index (κ2) is 9.81. The van der Waals surface area contributed by atoms with Gasteiger partial charge < -0.3 is 20.3 Å². The first-order valence-electron chi connectivity index (χ1n) is 8.40. The van der Waals surface area contributed by atoms with Crippen LogP contribution in [0.15, 0.2) is 54.6 Å². The zero-order valence-electron chi connectivity index (χ0n) is 14.4. The molecular formula is C20H25NO4. The van der Waals surface area contributed by atoms with Crippen molar-refractivity contribution in [2.45, 2.75) is 38.5 Å². The molecule has 0 bridgehead atoms. The molecule has 1 amide bonds. The summed E-state index contributed by atoms with van der Waals surface area (Å²) in [6, 6.07) is 17.3. The molecule has 0 saturated heterocycles. The quantitative estimate of drug-likeness (QED) is 0.688. The molecular weight excluding hydrogens is 318 g/mol. The Labute approximate surface area is 148 Å². The van der Waals surface area contributed by atoms with E-state index in [2.05, 4.69) is 5.32 Å². The van der Waals surface area contributed by atoms with Crippen molar-refractivity contribution in [1.82, 2.24) is 5.32 Å². The zero-order chi connectivity index (χ0) is 18.1. The average Bonchev–Trinajstić information content (AvgIpc) is 2.62. The Kier molecular flexibility index (Phi) is 7.44. The number of carbonyl (C=O) groups excluding carboxylic acids is 1. The smallest absolute Gasteiger partial charge is 0.407 e. The van der Waals surface area contributed by atoms with Gasteiger partial charge in [-0.15, -0.1) is 0 Å². The highest BCUT2D eigenvalue weighted by Gasteiger charge is 2.10. The lowest BCUT2D eigenvalue weighted by atomic mass is 10.0. The van der Waals surface area contributed by atoms with Crippen molar-refractivity contribution in [2.24, 2.45) is 0 Å². The lowest BCUT2D eigenvalue weighted by molar-refractivity contribution is 0.0955. The lowest BCUT2D eigenvalue weighted by Gasteiger charge is -2.15. The van der Waals surface area contributed by atoms with Gasteiger partial charge in [-0.2, -0.15) is 0 Å². The Balaban J connectivity index is 1.75. The third-order valence-electron chi connectivity index (χ3n) is 3.82. The normalized spacial score (nSPS) is 13.1. The Hall–Kier alpha value is -2.37. The summed E-state index contributed by atoms with van der Waals surface area (Å²) in [6.07, 6.45) is -0.0514. The van der Waals surface area contributed by atoms with E-state index in [1.807, 2.05) is 61.5 Å². The van der Waals surface area contributed by atoms with Gasteiger partial charge in [0.05, 0.1) is 12.7 Å². The number of nitrogens with one attached hydrogen (secondary N) is 1. The molecule has 0 aliphatic rings. The Morgan fingerprint density at radius 2 is 1.60 bits per heavy atom. The topological polar surface area (TPSA) is 78.8 Å². The summed E-state index contributed by atoms with van der Waals surface area (Å²) in [5.74, 6) is 0. The molecule has 2 aromatic carbocycles. The highest BCUT2D eigenvalue weighted by atomic mass is 16.5. The van der Waals surface area contributed by atoms with E-state index in [1.54, 1.807) is 0 Å². The summed E-state index contributed by atoms with van der Waals surface area (Å²) in [7, 11) is 0.